The van der Waals surface area contributed by atoms with Crippen molar-refractivity contribution < 1.29 is 28.9 Å². The Balaban J connectivity index is 1.78. The van der Waals surface area contributed by atoms with Gasteiger partial charge >= 0.3 is 5.97 Å². The average molecular weight is 476 g/mol. The van der Waals surface area contributed by atoms with Crippen molar-refractivity contribution in [1.82, 2.24) is 0 Å². The standard InChI is InChI=1S/C25H30ClNO6/c1-13-20(24(30)33-12-15-6-5-7-32-15)21(14-8-16(26)23(29)19(9-14)31-4)22-17(27-13)10-25(2,3)11-18(22)28/h8-9,15,20-21,29H,5-7,10-12H2,1-4H3/t15-,20?,21+/m0/s1. The van der Waals surface area contributed by atoms with Crippen LogP contribution in [-0.2, 0) is 19.1 Å². The number of phenols is 1. The maximum Gasteiger partial charge on any atom is 0.315 e. The Morgan fingerprint density at radius 1 is 1.33 bits per heavy atom. The van der Waals surface area contributed by atoms with Gasteiger partial charge in [-0.2, -0.15) is 0 Å². The molecule has 7 nitrogen and oxygen atoms in total. The second-order valence-corrected chi connectivity index (χ2v) is 10.2. The number of hydrogen-bond acceptors (Lipinski definition) is 7. The summed E-state index contributed by atoms with van der Waals surface area (Å²) < 4.78 is 16.5. The smallest absolute Gasteiger partial charge is 0.315 e. The molecule has 1 saturated heterocycles. The van der Waals surface area contributed by atoms with Crippen LogP contribution < -0.4 is 4.74 Å². The fourth-order valence-corrected chi connectivity index (χ4v) is 5.30. The number of nitrogens with zero attached hydrogens (tertiary/aromatic N) is 1. The third kappa shape index (κ3) is 4.66. The summed E-state index contributed by atoms with van der Waals surface area (Å²) in [6.07, 6.45) is 2.67. The molecule has 2 heterocycles. The summed E-state index contributed by atoms with van der Waals surface area (Å²) in [6, 6.07) is 3.21. The number of halogens is 1. The normalized spacial score (nSPS) is 26.6. The van der Waals surface area contributed by atoms with Crippen LogP contribution in [0.3, 0.4) is 0 Å². The lowest BCUT2D eigenvalue weighted by atomic mass is 9.67. The van der Waals surface area contributed by atoms with Crippen LogP contribution in [0, 0.1) is 11.3 Å². The largest absolute Gasteiger partial charge is 0.503 e. The van der Waals surface area contributed by atoms with E-state index in [-0.39, 0.29) is 40.4 Å². The topological polar surface area (TPSA) is 94.4 Å². The van der Waals surface area contributed by atoms with E-state index in [1.54, 1.807) is 19.1 Å². The predicted molar refractivity (Wildman–Crippen MR) is 124 cm³/mol. The molecule has 8 heteroatoms. The number of esters is 1. The van der Waals surface area contributed by atoms with Crippen molar-refractivity contribution in [3.05, 3.63) is 34.0 Å². The van der Waals surface area contributed by atoms with E-state index in [1.807, 2.05) is 13.8 Å². The minimum Gasteiger partial charge on any atom is -0.503 e. The molecular formula is C25H30ClNO6. The quantitative estimate of drug-likeness (QED) is 0.626. The van der Waals surface area contributed by atoms with Crippen LogP contribution >= 0.6 is 11.6 Å². The zero-order valence-corrected chi connectivity index (χ0v) is 20.2. The van der Waals surface area contributed by atoms with Crippen molar-refractivity contribution in [1.29, 1.82) is 0 Å². The van der Waals surface area contributed by atoms with Gasteiger partial charge in [-0.15, -0.1) is 0 Å². The first-order valence-corrected chi connectivity index (χ1v) is 11.6. The number of carbonyl (C=O) groups excluding carboxylic acids is 2. The lowest BCUT2D eigenvalue weighted by Crippen LogP contribution is -2.40. The van der Waals surface area contributed by atoms with Gasteiger partial charge in [-0.05, 0) is 49.3 Å². The Bertz CT molecular complexity index is 1040. The van der Waals surface area contributed by atoms with E-state index in [9.17, 15) is 14.7 Å². The van der Waals surface area contributed by atoms with E-state index in [2.05, 4.69) is 0 Å². The Morgan fingerprint density at radius 2 is 2.09 bits per heavy atom. The second-order valence-electron chi connectivity index (χ2n) is 9.83. The molecule has 0 spiro atoms. The Morgan fingerprint density at radius 3 is 2.76 bits per heavy atom. The molecule has 1 aromatic rings. The van der Waals surface area contributed by atoms with Crippen molar-refractivity contribution in [3.8, 4) is 11.5 Å². The molecule has 0 bridgehead atoms. The van der Waals surface area contributed by atoms with Crippen LogP contribution in [0.15, 0.2) is 28.4 Å². The van der Waals surface area contributed by atoms with E-state index < -0.39 is 17.8 Å². The molecular weight excluding hydrogens is 446 g/mol. The Labute approximate surface area is 198 Å². The van der Waals surface area contributed by atoms with E-state index in [0.29, 0.717) is 42.0 Å². The number of methoxy groups -OCH3 is 1. The van der Waals surface area contributed by atoms with Gasteiger partial charge in [0.15, 0.2) is 17.3 Å². The lowest BCUT2D eigenvalue weighted by molar-refractivity contribution is -0.149. The molecule has 3 atom stereocenters. The van der Waals surface area contributed by atoms with Crippen LogP contribution in [-0.4, -0.2) is 49.0 Å². The van der Waals surface area contributed by atoms with Crippen LogP contribution in [0.4, 0.5) is 0 Å². The highest BCUT2D eigenvalue weighted by Crippen LogP contribution is 2.49. The molecule has 33 heavy (non-hydrogen) atoms. The fourth-order valence-electron chi connectivity index (χ4n) is 5.08. The monoisotopic (exact) mass is 475 g/mol. The summed E-state index contributed by atoms with van der Waals surface area (Å²) in [6.45, 7) is 6.71. The first-order chi connectivity index (χ1) is 15.6. The van der Waals surface area contributed by atoms with Crippen LogP contribution in [0.25, 0.3) is 0 Å². The first kappa shape index (κ1) is 23.8. The molecule has 4 rings (SSSR count). The number of hydrogen-bond donors (Lipinski definition) is 1. The summed E-state index contributed by atoms with van der Waals surface area (Å²) in [5.41, 5.74) is 2.18. The summed E-state index contributed by atoms with van der Waals surface area (Å²) in [7, 11) is 1.43. The van der Waals surface area contributed by atoms with Crippen LogP contribution in [0.2, 0.25) is 5.02 Å². The van der Waals surface area contributed by atoms with Gasteiger partial charge in [0.05, 0.1) is 18.2 Å². The number of allylic oxidation sites excluding steroid dienone is 2. The van der Waals surface area contributed by atoms with E-state index in [4.69, 9.17) is 30.8 Å². The number of phenolic OH excluding ortho intramolecular Hbond substituents is 1. The molecule has 1 aromatic carbocycles. The molecule has 178 valence electrons. The van der Waals surface area contributed by atoms with Gasteiger partial charge in [-0.25, -0.2) is 0 Å². The highest BCUT2D eigenvalue weighted by molar-refractivity contribution is 6.32. The number of Topliss-reactive ketones (excluding diaryl/α,β-unsaturated/α-hetero) is 1. The molecule has 1 unspecified atom stereocenters. The van der Waals surface area contributed by atoms with E-state index >= 15 is 0 Å². The predicted octanol–water partition coefficient (Wildman–Crippen LogP) is 4.59. The molecule has 2 aliphatic heterocycles. The molecule has 0 amide bonds. The van der Waals surface area contributed by atoms with Gasteiger partial charge in [0.25, 0.3) is 0 Å². The van der Waals surface area contributed by atoms with Crippen molar-refractivity contribution in [2.24, 2.45) is 16.3 Å². The number of ether oxygens (including phenoxy) is 3. The van der Waals surface area contributed by atoms with Crippen molar-refractivity contribution in [2.45, 2.75) is 58.5 Å². The minimum absolute atomic E-state index is 0.0393. The summed E-state index contributed by atoms with van der Waals surface area (Å²) in [5.74, 6) is -1.93. The number of aromatic hydroxyl groups is 1. The number of ketones is 1. The van der Waals surface area contributed by atoms with Gasteiger partial charge in [0, 0.05) is 35.9 Å². The SMILES string of the molecule is COc1cc([C@H]2C3=C(CC(C)(C)CC3=O)N=C(C)C2C(=O)OC[C@@H]2CCCO2)cc(Cl)c1O. The fraction of sp³-hybridized carbons (Fsp3) is 0.560. The van der Waals surface area contributed by atoms with Crippen molar-refractivity contribution in [3.63, 3.8) is 0 Å². The van der Waals surface area contributed by atoms with Gasteiger partial charge in [-0.1, -0.05) is 25.4 Å². The third-order valence-electron chi connectivity index (χ3n) is 6.62. The minimum atomic E-state index is -0.791. The maximum atomic E-state index is 13.4. The average Bonchev–Trinajstić information content (AvgIpc) is 3.25. The number of rotatable bonds is 5. The first-order valence-electron chi connectivity index (χ1n) is 11.3. The molecule has 0 saturated carbocycles. The van der Waals surface area contributed by atoms with Crippen molar-refractivity contribution >= 4 is 29.1 Å². The van der Waals surface area contributed by atoms with Gasteiger partial charge in [-0.3, -0.25) is 14.6 Å². The second kappa shape index (κ2) is 9.11. The molecule has 0 aromatic heterocycles. The summed E-state index contributed by atoms with van der Waals surface area (Å²) in [5, 5.41) is 10.3. The summed E-state index contributed by atoms with van der Waals surface area (Å²) in [4.78, 5) is 31.4. The molecule has 3 aliphatic rings. The number of aliphatic imine (C=N–C) groups is 1. The van der Waals surface area contributed by atoms with Gasteiger partial charge < -0.3 is 19.3 Å². The van der Waals surface area contributed by atoms with Gasteiger partial charge in [0.2, 0.25) is 0 Å². The van der Waals surface area contributed by atoms with E-state index in [0.717, 1.165) is 12.8 Å². The third-order valence-corrected chi connectivity index (χ3v) is 6.91. The highest BCUT2D eigenvalue weighted by Gasteiger charge is 2.46. The van der Waals surface area contributed by atoms with E-state index in [1.165, 1.54) is 7.11 Å². The Kier molecular flexibility index (Phi) is 6.56. The summed E-state index contributed by atoms with van der Waals surface area (Å²) >= 11 is 6.29. The zero-order chi connectivity index (χ0) is 23.9. The Hall–Kier alpha value is -2.38. The molecule has 1 aliphatic carbocycles. The van der Waals surface area contributed by atoms with Gasteiger partial charge in [0.1, 0.15) is 12.5 Å². The van der Waals surface area contributed by atoms with Crippen LogP contribution in [0.5, 0.6) is 11.5 Å². The highest BCUT2D eigenvalue weighted by atomic mass is 35.5. The van der Waals surface area contributed by atoms with Crippen molar-refractivity contribution in [2.75, 3.05) is 20.3 Å². The lowest BCUT2D eigenvalue weighted by Gasteiger charge is -2.39. The van der Waals surface area contributed by atoms with Crippen LogP contribution in [0.1, 0.15) is 57.9 Å². The zero-order valence-electron chi connectivity index (χ0n) is 19.4. The molecule has 0 radical (unpaired) electrons. The number of benzene rings is 1. The maximum absolute atomic E-state index is 13.4. The molecule has 1 N–H and O–H groups in total. The number of carbonyl (C=O) groups is 2. The molecule has 1 fully saturated rings.